The van der Waals surface area contributed by atoms with E-state index >= 15 is 0 Å². The number of carbonyl (C=O) groups excluding carboxylic acids is 1. The highest BCUT2D eigenvalue weighted by Crippen LogP contribution is 2.05. The highest BCUT2D eigenvalue weighted by Gasteiger charge is 2.06. The molecule has 3 N–H and O–H groups in total. The van der Waals surface area contributed by atoms with E-state index in [2.05, 4.69) is 19.2 Å². The smallest absolute Gasteiger partial charge is 0.251 e. The van der Waals surface area contributed by atoms with Gasteiger partial charge in [0.1, 0.15) is 0 Å². The Hall–Kier alpha value is -1.35. The van der Waals surface area contributed by atoms with E-state index in [9.17, 15) is 4.79 Å². The van der Waals surface area contributed by atoms with Crippen LogP contribution in [0.5, 0.6) is 0 Å². The van der Waals surface area contributed by atoms with Crippen molar-refractivity contribution in [2.45, 2.75) is 26.8 Å². The number of nitrogens with two attached hydrogens (primary N) is 1. The van der Waals surface area contributed by atoms with Gasteiger partial charge in [-0.15, -0.1) is 0 Å². The largest absolute Gasteiger partial charge is 0.352 e. The summed E-state index contributed by atoms with van der Waals surface area (Å²) in [5.74, 6) is 0.497. The fraction of sp³-hybridized carbons (Fsp3) is 0.462. The van der Waals surface area contributed by atoms with Crippen LogP contribution < -0.4 is 11.1 Å². The lowest BCUT2D eigenvalue weighted by molar-refractivity contribution is 0.0947. The van der Waals surface area contributed by atoms with E-state index in [1.807, 2.05) is 24.3 Å². The summed E-state index contributed by atoms with van der Waals surface area (Å²) in [6.07, 6.45) is 1.07. The van der Waals surface area contributed by atoms with Crippen LogP contribution >= 0.6 is 0 Å². The molecule has 0 spiro atoms. The Morgan fingerprint density at radius 3 is 2.88 bits per heavy atom. The first-order chi connectivity index (χ1) is 7.67. The van der Waals surface area contributed by atoms with Crippen molar-refractivity contribution in [2.24, 2.45) is 11.7 Å². The molecule has 88 valence electrons. The number of hydrogen-bond acceptors (Lipinski definition) is 2. The molecule has 1 aromatic carbocycles. The molecule has 0 aliphatic rings. The maximum atomic E-state index is 11.8. The maximum Gasteiger partial charge on any atom is 0.251 e. The number of benzene rings is 1. The Morgan fingerprint density at radius 1 is 1.50 bits per heavy atom. The fourth-order valence-electron chi connectivity index (χ4n) is 1.35. The third kappa shape index (κ3) is 3.66. The molecule has 0 aliphatic heterocycles. The fourth-order valence-corrected chi connectivity index (χ4v) is 1.35. The van der Waals surface area contributed by atoms with Gasteiger partial charge < -0.3 is 11.1 Å². The van der Waals surface area contributed by atoms with Gasteiger partial charge in [0.25, 0.3) is 5.91 Å². The molecule has 1 atom stereocenters. The molecule has 0 saturated carbocycles. The summed E-state index contributed by atoms with van der Waals surface area (Å²) in [5.41, 5.74) is 7.20. The molecule has 0 fully saturated rings. The van der Waals surface area contributed by atoms with E-state index < -0.39 is 0 Å². The highest BCUT2D eigenvalue weighted by atomic mass is 16.1. The average molecular weight is 220 g/mol. The molecule has 0 aliphatic carbocycles. The van der Waals surface area contributed by atoms with Gasteiger partial charge in [0.15, 0.2) is 0 Å². The molecular weight excluding hydrogens is 200 g/mol. The van der Waals surface area contributed by atoms with Gasteiger partial charge in [0.05, 0.1) is 0 Å². The molecule has 3 nitrogen and oxygen atoms in total. The quantitative estimate of drug-likeness (QED) is 0.796. The van der Waals surface area contributed by atoms with Gasteiger partial charge >= 0.3 is 0 Å². The average Bonchev–Trinajstić information content (AvgIpc) is 2.35. The molecule has 1 amide bonds. The second-order valence-corrected chi connectivity index (χ2v) is 4.13. The molecule has 3 heteroatoms. The van der Waals surface area contributed by atoms with Gasteiger partial charge in [0.2, 0.25) is 0 Å². The standard InChI is InChI=1S/C13H20N2O/c1-3-10(2)9-15-13(16)12-6-4-5-11(7-12)8-14/h4-7,10H,3,8-9,14H2,1-2H3,(H,15,16). The van der Waals surface area contributed by atoms with Crippen molar-refractivity contribution >= 4 is 5.91 Å². The molecule has 0 saturated heterocycles. The highest BCUT2D eigenvalue weighted by molar-refractivity contribution is 5.94. The lowest BCUT2D eigenvalue weighted by Crippen LogP contribution is -2.28. The lowest BCUT2D eigenvalue weighted by Gasteiger charge is -2.10. The Bertz CT molecular complexity index is 350. The zero-order valence-electron chi connectivity index (χ0n) is 9.99. The molecule has 0 aromatic heterocycles. The Kier molecular flexibility index (Phi) is 4.99. The predicted octanol–water partition coefficient (Wildman–Crippen LogP) is 1.92. The Balaban J connectivity index is 2.58. The minimum absolute atomic E-state index is 0.0180. The van der Waals surface area contributed by atoms with Crippen LogP contribution in [0.25, 0.3) is 0 Å². The zero-order valence-corrected chi connectivity index (χ0v) is 9.99. The second-order valence-electron chi connectivity index (χ2n) is 4.13. The van der Waals surface area contributed by atoms with Gasteiger partial charge in [0, 0.05) is 18.7 Å². The minimum Gasteiger partial charge on any atom is -0.352 e. The summed E-state index contributed by atoms with van der Waals surface area (Å²) in [6.45, 7) is 5.43. The van der Waals surface area contributed by atoms with Crippen molar-refractivity contribution in [2.75, 3.05) is 6.54 Å². The van der Waals surface area contributed by atoms with Crippen LogP contribution in [0.1, 0.15) is 36.2 Å². The SMILES string of the molecule is CCC(C)CNC(=O)c1cccc(CN)c1. The molecule has 0 heterocycles. The molecule has 0 bridgehead atoms. The number of nitrogens with one attached hydrogen (secondary N) is 1. The van der Waals surface area contributed by atoms with E-state index in [0.717, 1.165) is 18.5 Å². The monoisotopic (exact) mass is 220 g/mol. The van der Waals surface area contributed by atoms with Crippen molar-refractivity contribution in [3.05, 3.63) is 35.4 Å². The van der Waals surface area contributed by atoms with Crippen LogP contribution in [0, 0.1) is 5.92 Å². The first-order valence-corrected chi connectivity index (χ1v) is 5.74. The molecule has 1 unspecified atom stereocenters. The van der Waals surface area contributed by atoms with E-state index in [1.165, 1.54) is 0 Å². The van der Waals surface area contributed by atoms with Crippen LogP contribution in [-0.4, -0.2) is 12.5 Å². The first kappa shape index (κ1) is 12.7. The van der Waals surface area contributed by atoms with Crippen LogP contribution in [-0.2, 0) is 6.54 Å². The molecule has 1 rings (SSSR count). The van der Waals surface area contributed by atoms with Crippen molar-refractivity contribution in [1.29, 1.82) is 0 Å². The van der Waals surface area contributed by atoms with Crippen molar-refractivity contribution in [1.82, 2.24) is 5.32 Å². The van der Waals surface area contributed by atoms with E-state index in [0.29, 0.717) is 18.0 Å². The Labute approximate surface area is 97.0 Å². The number of amides is 1. The van der Waals surface area contributed by atoms with Crippen molar-refractivity contribution in [3.8, 4) is 0 Å². The van der Waals surface area contributed by atoms with Gasteiger partial charge in [-0.2, -0.15) is 0 Å². The summed E-state index contributed by atoms with van der Waals surface area (Å²) in [7, 11) is 0. The summed E-state index contributed by atoms with van der Waals surface area (Å²) in [6, 6.07) is 7.43. The van der Waals surface area contributed by atoms with E-state index in [4.69, 9.17) is 5.73 Å². The van der Waals surface area contributed by atoms with Gasteiger partial charge in [-0.25, -0.2) is 0 Å². The maximum absolute atomic E-state index is 11.8. The minimum atomic E-state index is -0.0180. The Morgan fingerprint density at radius 2 is 2.25 bits per heavy atom. The van der Waals surface area contributed by atoms with Crippen molar-refractivity contribution < 1.29 is 4.79 Å². The van der Waals surface area contributed by atoms with E-state index in [-0.39, 0.29) is 5.91 Å². The molecular formula is C13H20N2O. The van der Waals surface area contributed by atoms with Crippen LogP contribution in [0.3, 0.4) is 0 Å². The zero-order chi connectivity index (χ0) is 12.0. The van der Waals surface area contributed by atoms with Gasteiger partial charge in [-0.1, -0.05) is 32.4 Å². The molecule has 16 heavy (non-hydrogen) atoms. The summed E-state index contributed by atoms with van der Waals surface area (Å²) >= 11 is 0. The second kappa shape index (κ2) is 6.28. The lowest BCUT2D eigenvalue weighted by atomic mass is 10.1. The summed E-state index contributed by atoms with van der Waals surface area (Å²) < 4.78 is 0. The van der Waals surface area contributed by atoms with E-state index in [1.54, 1.807) is 0 Å². The van der Waals surface area contributed by atoms with Gasteiger partial charge in [-0.05, 0) is 23.6 Å². The number of carbonyl (C=O) groups is 1. The van der Waals surface area contributed by atoms with Crippen LogP contribution in [0.15, 0.2) is 24.3 Å². The number of rotatable bonds is 5. The first-order valence-electron chi connectivity index (χ1n) is 5.74. The molecule has 0 radical (unpaired) electrons. The van der Waals surface area contributed by atoms with Crippen LogP contribution in [0.2, 0.25) is 0 Å². The van der Waals surface area contributed by atoms with Crippen LogP contribution in [0.4, 0.5) is 0 Å². The topological polar surface area (TPSA) is 55.1 Å². The summed E-state index contributed by atoms with van der Waals surface area (Å²) in [4.78, 5) is 11.8. The third-order valence-electron chi connectivity index (χ3n) is 2.73. The van der Waals surface area contributed by atoms with Crippen molar-refractivity contribution in [3.63, 3.8) is 0 Å². The molecule has 1 aromatic rings. The normalized spacial score (nSPS) is 12.2. The summed E-state index contributed by atoms with van der Waals surface area (Å²) in [5, 5.41) is 2.92. The predicted molar refractivity (Wildman–Crippen MR) is 66.1 cm³/mol. The third-order valence-corrected chi connectivity index (χ3v) is 2.73. The van der Waals surface area contributed by atoms with Gasteiger partial charge in [-0.3, -0.25) is 4.79 Å². The number of hydrogen-bond donors (Lipinski definition) is 2.